The van der Waals surface area contributed by atoms with Crippen LogP contribution in [0.4, 0.5) is 11.4 Å². The van der Waals surface area contributed by atoms with Crippen LogP contribution in [-0.2, 0) is 0 Å². The average molecular weight is 305 g/mol. The van der Waals surface area contributed by atoms with E-state index in [0.29, 0.717) is 27.7 Å². The van der Waals surface area contributed by atoms with Gasteiger partial charge in [0.05, 0.1) is 12.8 Å². The number of rotatable bonds is 3. The molecule has 1 amide bonds. The van der Waals surface area contributed by atoms with Crippen molar-refractivity contribution < 1.29 is 9.53 Å². The SMILES string of the molecule is COc1ccc(Cl)cc1NC(=O)c1cc(N)c(C)cc1C. The van der Waals surface area contributed by atoms with Gasteiger partial charge in [0.2, 0.25) is 0 Å². The number of carbonyl (C=O) groups excluding carboxylic acids is 1. The third-order valence-electron chi connectivity index (χ3n) is 3.27. The fourth-order valence-electron chi connectivity index (χ4n) is 2.08. The van der Waals surface area contributed by atoms with Crippen molar-refractivity contribution in [3.63, 3.8) is 0 Å². The first-order valence-corrected chi connectivity index (χ1v) is 6.81. The van der Waals surface area contributed by atoms with Gasteiger partial charge in [-0.2, -0.15) is 0 Å². The second-order valence-electron chi connectivity index (χ2n) is 4.82. The third-order valence-corrected chi connectivity index (χ3v) is 3.50. The minimum atomic E-state index is -0.250. The highest BCUT2D eigenvalue weighted by molar-refractivity contribution is 6.31. The summed E-state index contributed by atoms with van der Waals surface area (Å²) in [6.07, 6.45) is 0. The van der Waals surface area contributed by atoms with E-state index >= 15 is 0 Å². The summed E-state index contributed by atoms with van der Waals surface area (Å²) in [5, 5.41) is 3.32. The Morgan fingerprint density at radius 3 is 2.57 bits per heavy atom. The highest BCUT2D eigenvalue weighted by Crippen LogP contribution is 2.28. The maximum atomic E-state index is 12.4. The van der Waals surface area contributed by atoms with Gasteiger partial charge >= 0.3 is 0 Å². The Labute approximate surface area is 128 Å². The van der Waals surface area contributed by atoms with E-state index in [1.165, 1.54) is 7.11 Å². The van der Waals surface area contributed by atoms with Crippen LogP contribution in [0.25, 0.3) is 0 Å². The predicted molar refractivity (Wildman–Crippen MR) is 86.3 cm³/mol. The maximum Gasteiger partial charge on any atom is 0.256 e. The lowest BCUT2D eigenvalue weighted by Crippen LogP contribution is -2.14. The topological polar surface area (TPSA) is 64.3 Å². The Morgan fingerprint density at radius 2 is 1.90 bits per heavy atom. The minimum absolute atomic E-state index is 0.250. The van der Waals surface area contributed by atoms with Gasteiger partial charge in [-0.25, -0.2) is 0 Å². The highest BCUT2D eigenvalue weighted by Gasteiger charge is 2.13. The smallest absolute Gasteiger partial charge is 0.256 e. The van der Waals surface area contributed by atoms with E-state index < -0.39 is 0 Å². The molecular weight excluding hydrogens is 288 g/mol. The molecule has 0 bridgehead atoms. The van der Waals surface area contributed by atoms with E-state index in [4.69, 9.17) is 22.1 Å². The number of halogens is 1. The molecule has 0 aliphatic rings. The summed E-state index contributed by atoms with van der Waals surface area (Å²) in [6.45, 7) is 3.78. The summed E-state index contributed by atoms with van der Waals surface area (Å²) in [7, 11) is 1.54. The van der Waals surface area contributed by atoms with Crippen molar-refractivity contribution in [3.8, 4) is 5.75 Å². The number of carbonyl (C=O) groups is 1. The Hall–Kier alpha value is -2.20. The van der Waals surface area contributed by atoms with Crippen LogP contribution < -0.4 is 15.8 Å². The van der Waals surface area contributed by atoms with Crippen molar-refractivity contribution in [2.75, 3.05) is 18.2 Å². The summed E-state index contributed by atoms with van der Waals surface area (Å²) >= 11 is 5.95. The minimum Gasteiger partial charge on any atom is -0.495 e. The highest BCUT2D eigenvalue weighted by atomic mass is 35.5. The number of hydrogen-bond donors (Lipinski definition) is 2. The van der Waals surface area contributed by atoms with Crippen molar-refractivity contribution >= 4 is 28.9 Å². The first-order valence-electron chi connectivity index (χ1n) is 6.44. The number of hydrogen-bond acceptors (Lipinski definition) is 3. The van der Waals surface area contributed by atoms with E-state index in [2.05, 4.69) is 5.32 Å². The Balaban J connectivity index is 2.34. The summed E-state index contributed by atoms with van der Waals surface area (Å²) in [5.41, 5.74) is 9.32. The lowest BCUT2D eigenvalue weighted by molar-refractivity contribution is 0.102. The summed E-state index contributed by atoms with van der Waals surface area (Å²) < 4.78 is 5.21. The lowest BCUT2D eigenvalue weighted by Gasteiger charge is -2.13. The van der Waals surface area contributed by atoms with Gasteiger partial charge in [-0.1, -0.05) is 17.7 Å². The number of methoxy groups -OCH3 is 1. The molecule has 0 saturated carbocycles. The number of ether oxygens (including phenoxy) is 1. The van der Waals surface area contributed by atoms with Crippen molar-refractivity contribution in [1.82, 2.24) is 0 Å². The molecule has 3 N–H and O–H groups in total. The van der Waals surface area contributed by atoms with Crippen LogP contribution in [0.5, 0.6) is 5.75 Å². The Morgan fingerprint density at radius 1 is 1.19 bits per heavy atom. The van der Waals surface area contributed by atoms with Crippen molar-refractivity contribution in [2.45, 2.75) is 13.8 Å². The molecule has 110 valence electrons. The van der Waals surface area contributed by atoms with Crippen molar-refractivity contribution in [2.24, 2.45) is 0 Å². The molecule has 0 aliphatic carbocycles. The largest absolute Gasteiger partial charge is 0.495 e. The molecule has 0 saturated heterocycles. The van der Waals surface area contributed by atoms with Gasteiger partial charge in [-0.05, 0) is 49.2 Å². The van der Waals surface area contributed by atoms with Crippen molar-refractivity contribution in [3.05, 3.63) is 52.0 Å². The molecule has 0 spiro atoms. The first-order chi connectivity index (χ1) is 9.92. The number of nitrogen functional groups attached to an aromatic ring is 1. The average Bonchev–Trinajstić information content (AvgIpc) is 2.43. The van der Waals surface area contributed by atoms with E-state index in [-0.39, 0.29) is 5.91 Å². The first kappa shape index (κ1) is 15.2. The number of nitrogens with two attached hydrogens (primary N) is 1. The molecule has 5 heteroatoms. The van der Waals surface area contributed by atoms with E-state index in [0.717, 1.165) is 11.1 Å². The zero-order chi connectivity index (χ0) is 15.6. The van der Waals surface area contributed by atoms with Crippen LogP contribution in [0.2, 0.25) is 5.02 Å². The van der Waals surface area contributed by atoms with Crippen LogP contribution >= 0.6 is 11.6 Å². The fraction of sp³-hybridized carbons (Fsp3) is 0.188. The molecule has 2 rings (SSSR count). The standard InChI is InChI=1S/C16H17ClN2O2/c1-9-6-10(2)13(18)8-12(9)16(20)19-14-7-11(17)4-5-15(14)21-3/h4-8H,18H2,1-3H3,(H,19,20). The van der Waals surface area contributed by atoms with E-state index in [1.807, 2.05) is 19.9 Å². The zero-order valence-electron chi connectivity index (χ0n) is 12.2. The van der Waals surface area contributed by atoms with Gasteiger partial charge < -0.3 is 15.8 Å². The quantitative estimate of drug-likeness (QED) is 0.848. The zero-order valence-corrected chi connectivity index (χ0v) is 12.9. The van der Waals surface area contributed by atoms with Gasteiger partial charge in [-0.15, -0.1) is 0 Å². The van der Waals surface area contributed by atoms with Gasteiger partial charge in [0, 0.05) is 16.3 Å². The number of amides is 1. The van der Waals surface area contributed by atoms with E-state index in [1.54, 1.807) is 24.3 Å². The maximum absolute atomic E-state index is 12.4. The van der Waals surface area contributed by atoms with Crippen LogP contribution in [0.15, 0.2) is 30.3 Å². The summed E-state index contributed by atoms with van der Waals surface area (Å²) in [6, 6.07) is 8.61. The van der Waals surface area contributed by atoms with Gasteiger partial charge in [-0.3, -0.25) is 4.79 Å². The summed E-state index contributed by atoms with van der Waals surface area (Å²) in [5.74, 6) is 0.297. The van der Waals surface area contributed by atoms with E-state index in [9.17, 15) is 4.79 Å². The molecule has 0 radical (unpaired) electrons. The van der Waals surface area contributed by atoms with Crippen LogP contribution in [0, 0.1) is 13.8 Å². The van der Waals surface area contributed by atoms with Crippen LogP contribution in [0.1, 0.15) is 21.5 Å². The monoisotopic (exact) mass is 304 g/mol. The Bertz CT molecular complexity index is 699. The second kappa shape index (κ2) is 6.06. The molecule has 0 aliphatic heterocycles. The molecule has 2 aromatic carbocycles. The fourth-order valence-corrected chi connectivity index (χ4v) is 2.25. The normalized spacial score (nSPS) is 10.3. The molecule has 21 heavy (non-hydrogen) atoms. The summed E-state index contributed by atoms with van der Waals surface area (Å²) in [4.78, 5) is 12.4. The number of nitrogens with one attached hydrogen (secondary N) is 1. The molecule has 0 unspecified atom stereocenters. The number of anilines is 2. The number of aryl methyl sites for hydroxylation is 2. The van der Waals surface area contributed by atoms with Crippen molar-refractivity contribution in [1.29, 1.82) is 0 Å². The third kappa shape index (κ3) is 3.28. The molecule has 2 aromatic rings. The molecule has 0 fully saturated rings. The molecule has 0 aromatic heterocycles. The van der Waals surface area contributed by atoms with Gasteiger partial charge in [0.1, 0.15) is 5.75 Å². The predicted octanol–water partition coefficient (Wildman–Crippen LogP) is 3.80. The molecule has 0 heterocycles. The molecule has 4 nitrogen and oxygen atoms in total. The molecule has 0 atom stereocenters. The second-order valence-corrected chi connectivity index (χ2v) is 5.26. The van der Waals surface area contributed by atoms with Crippen LogP contribution in [-0.4, -0.2) is 13.0 Å². The molecular formula is C16H17ClN2O2. The lowest BCUT2D eigenvalue weighted by atomic mass is 10.0. The Kier molecular flexibility index (Phi) is 4.38. The van der Waals surface area contributed by atoms with Gasteiger partial charge in [0.15, 0.2) is 0 Å². The van der Waals surface area contributed by atoms with Gasteiger partial charge in [0.25, 0.3) is 5.91 Å². The number of benzene rings is 2. The van der Waals surface area contributed by atoms with Crippen LogP contribution in [0.3, 0.4) is 0 Å².